The Morgan fingerprint density at radius 3 is 2.70 bits per heavy atom. The predicted molar refractivity (Wildman–Crippen MR) is 38.0 cm³/mol. The Bertz CT molecular complexity index is 191. The lowest BCUT2D eigenvalue weighted by Crippen LogP contribution is -1.96. The van der Waals surface area contributed by atoms with Crippen LogP contribution in [-0.4, -0.2) is 0 Å². The molecule has 0 aromatic heterocycles. The van der Waals surface area contributed by atoms with Crippen LogP contribution in [0.2, 0.25) is 0 Å². The van der Waals surface area contributed by atoms with Gasteiger partial charge in [0.05, 0.1) is 0 Å². The van der Waals surface area contributed by atoms with Crippen molar-refractivity contribution in [1.82, 2.24) is 0 Å². The highest BCUT2D eigenvalue weighted by Crippen LogP contribution is 2.04. The molecule has 0 amide bonds. The summed E-state index contributed by atoms with van der Waals surface area (Å²) in [5.41, 5.74) is 6.90. The largest absolute Gasteiger partial charge is 0.326 e. The highest BCUT2D eigenvalue weighted by atomic mass is 19.1. The molecule has 0 spiro atoms. The molecule has 1 radical (unpaired) electrons. The zero-order valence-electron chi connectivity index (χ0n) is 5.60. The molecule has 1 nitrogen and oxygen atoms in total. The Labute approximate surface area is 59.7 Å². The summed E-state index contributed by atoms with van der Waals surface area (Å²) in [5.74, 6) is 0. The Morgan fingerprint density at radius 1 is 1.40 bits per heavy atom. The summed E-state index contributed by atoms with van der Waals surface area (Å²) in [6.45, 7) is 0.00861. The van der Waals surface area contributed by atoms with E-state index >= 15 is 0 Å². The third-order valence-electron chi connectivity index (χ3n) is 1.30. The quantitative estimate of drug-likeness (QED) is 0.657. The molecule has 53 valence electrons. The molecule has 0 aliphatic heterocycles. The zero-order valence-corrected chi connectivity index (χ0v) is 5.60. The van der Waals surface area contributed by atoms with Crippen LogP contribution in [0.1, 0.15) is 11.1 Å². The minimum Gasteiger partial charge on any atom is -0.326 e. The van der Waals surface area contributed by atoms with Gasteiger partial charge in [0.25, 0.3) is 0 Å². The molecule has 2 heteroatoms. The van der Waals surface area contributed by atoms with Gasteiger partial charge in [-0.05, 0) is 29.3 Å². The van der Waals surface area contributed by atoms with Gasteiger partial charge in [-0.2, -0.15) is 0 Å². The SMILES string of the molecule is NCc1c[c]cc(CF)c1. The summed E-state index contributed by atoms with van der Waals surface area (Å²) in [6.07, 6.45) is 0. The van der Waals surface area contributed by atoms with Crippen molar-refractivity contribution in [2.75, 3.05) is 0 Å². The highest BCUT2D eigenvalue weighted by molar-refractivity contribution is 5.21. The summed E-state index contributed by atoms with van der Waals surface area (Å²) in [6, 6.07) is 7.95. The van der Waals surface area contributed by atoms with E-state index in [0.29, 0.717) is 12.1 Å². The van der Waals surface area contributed by atoms with E-state index in [1.54, 1.807) is 18.2 Å². The number of nitrogens with two attached hydrogens (primary N) is 1. The van der Waals surface area contributed by atoms with Gasteiger partial charge in [-0.1, -0.05) is 6.07 Å². The van der Waals surface area contributed by atoms with Crippen LogP contribution < -0.4 is 5.73 Å². The van der Waals surface area contributed by atoms with E-state index in [0.717, 1.165) is 5.56 Å². The standard InChI is InChI=1S/C8H9FN/c9-5-7-2-1-3-8(4-7)6-10/h2-4H,5-6,10H2. The van der Waals surface area contributed by atoms with Crippen molar-refractivity contribution in [3.63, 3.8) is 0 Å². The molecule has 0 unspecified atom stereocenters. The summed E-state index contributed by atoms with van der Waals surface area (Å²) in [5, 5.41) is 0. The Hall–Kier alpha value is -0.890. The molecule has 0 aliphatic carbocycles. The summed E-state index contributed by atoms with van der Waals surface area (Å²) >= 11 is 0. The lowest BCUT2D eigenvalue weighted by Gasteiger charge is -1.96. The van der Waals surface area contributed by atoms with Gasteiger partial charge in [0.1, 0.15) is 6.67 Å². The fourth-order valence-corrected chi connectivity index (χ4v) is 0.772. The third kappa shape index (κ3) is 1.54. The zero-order chi connectivity index (χ0) is 7.40. The third-order valence-corrected chi connectivity index (χ3v) is 1.30. The van der Waals surface area contributed by atoms with E-state index in [2.05, 4.69) is 6.07 Å². The predicted octanol–water partition coefficient (Wildman–Crippen LogP) is 1.41. The van der Waals surface area contributed by atoms with E-state index in [4.69, 9.17) is 5.73 Å². The first kappa shape index (κ1) is 7.22. The van der Waals surface area contributed by atoms with Crippen molar-refractivity contribution in [2.45, 2.75) is 13.2 Å². The maximum atomic E-state index is 12.0. The van der Waals surface area contributed by atoms with Crippen LogP contribution in [0.3, 0.4) is 0 Å². The average Bonchev–Trinajstić information content (AvgIpc) is 2.05. The second-order valence-electron chi connectivity index (χ2n) is 2.09. The maximum absolute atomic E-state index is 12.0. The number of benzene rings is 1. The number of hydrogen-bond donors (Lipinski definition) is 1. The van der Waals surface area contributed by atoms with Gasteiger partial charge >= 0.3 is 0 Å². The summed E-state index contributed by atoms with van der Waals surface area (Å²) < 4.78 is 12.0. The Morgan fingerprint density at radius 2 is 2.10 bits per heavy atom. The Balaban J connectivity index is 2.87. The normalized spacial score (nSPS) is 9.80. The van der Waals surface area contributed by atoms with Gasteiger partial charge in [0, 0.05) is 6.54 Å². The number of alkyl halides is 1. The number of halogens is 1. The first-order chi connectivity index (χ1) is 4.86. The molecule has 0 saturated heterocycles. The minimum absolute atomic E-state index is 0.440. The Kier molecular flexibility index (Phi) is 2.40. The van der Waals surface area contributed by atoms with Gasteiger partial charge in [0.15, 0.2) is 0 Å². The van der Waals surface area contributed by atoms with Crippen molar-refractivity contribution >= 4 is 0 Å². The van der Waals surface area contributed by atoms with Gasteiger partial charge in [-0.15, -0.1) is 0 Å². The molecule has 0 aliphatic rings. The fourth-order valence-electron chi connectivity index (χ4n) is 0.772. The van der Waals surface area contributed by atoms with Gasteiger partial charge in [0.2, 0.25) is 0 Å². The van der Waals surface area contributed by atoms with Gasteiger partial charge < -0.3 is 5.73 Å². The van der Waals surface area contributed by atoms with Crippen molar-refractivity contribution in [3.8, 4) is 0 Å². The fraction of sp³-hybridized carbons (Fsp3) is 0.250. The van der Waals surface area contributed by atoms with Crippen LogP contribution in [0.25, 0.3) is 0 Å². The van der Waals surface area contributed by atoms with Crippen LogP contribution in [-0.2, 0) is 13.2 Å². The molecule has 1 aromatic carbocycles. The molecular formula is C8H9FN. The van der Waals surface area contributed by atoms with E-state index in [1.807, 2.05) is 0 Å². The molecule has 0 heterocycles. The first-order valence-corrected chi connectivity index (χ1v) is 3.11. The van der Waals surface area contributed by atoms with Crippen LogP contribution in [0.15, 0.2) is 18.2 Å². The topological polar surface area (TPSA) is 26.0 Å². The minimum atomic E-state index is -0.440. The molecular weight excluding hydrogens is 129 g/mol. The van der Waals surface area contributed by atoms with Gasteiger partial charge in [-0.3, -0.25) is 0 Å². The molecule has 10 heavy (non-hydrogen) atoms. The van der Waals surface area contributed by atoms with Crippen molar-refractivity contribution < 1.29 is 4.39 Å². The van der Waals surface area contributed by atoms with Crippen LogP contribution >= 0.6 is 0 Å². The lowest BCUT2D eigenvalue weighted by molar-refractivity contribution is 0.485. The number of rotatable bonds is 2. The first-order valence-electron chi connectivity index (χ1n) is 3.11. The van der Waals surface area contributed by atoms with E-state index < -0.39 is 6.67 Å². The van der Waals surface area contributed by atoms with E-state index in [9.17, 15) is 4.39 Å². The van der Waals surface area contributed by atoms with Crippen LogP contribution in [0, 0.1) is 6.07 Å². The highest BCUT2D eigenvalue weighted by Gasteiger charge is 1.91. The molecule has 2 N–H and O–H groups in total. The molecule has 1 aromatic rings. The average molecular weight is 138 g/mol. The monoisotopic (exact) mass is 138 g/mol. The summed E-state index contributed by atoms with van der Waals surface area (Å²) in [4.78, 5) is 0. The molecule has 1 rings (SSSR count). The maximum Gasteiger partial charge on any atom is 0.115 e. The number of hydrogen-bond acceptors (Lipinski definition) is 1. The molecule has 0 atom stereocenters. The lowest BCUT2D eigenvalue weighted by atomic mass is 10.1. The van der Waals surface area contributed by atoms with Crippen molar-refractivity contribution in [1.29, 1.82) is 0 Å². The second-order valence-corrected chi connectivity index (χ2v) is 2.09. The van der Waals surface area contributed by atoms with E-state index in [-0.39, 0.29) is 0 Å². The van der Waals surface area contributed by atoms with Crippen molar-refractivity contribution in [3.05, 3.63) is 35.4 Å². The van der Waals surface area contributed by atoms with Gasteiger partial charge in [-0.25, -0.2) is 4.39 Å². The van der Waals surface area contributed by atoms with Crippen molar-refractivity contribution in [2.24, 2.45) is 5.73 Å². The summed E-state index contributed by atoms with van der Waals surface area (Å²) in [7, 11) is 0. The molecule has 0 saturated carbocycles. The molecule has 0 bridgehead atoms. The molecule has 0 fully saturated rings. The smallest absolute Gasteiger partial charge is 0.115 e. The van der Waals surface area contributed by atoms with E-state index in [1.165, 1.54) is 0 Å². The second kappa shape index (κ2) is 3.32. The van der Waals surface area contributed by atoms with Crippen LogP contribution in [0.4, 0.5) is 4.39 Å². The van der Waals surface area contributed by atoms with Crippen LogP contribution in [0.5, 0.6) is 0 Å².